The van der Waals surface area contributed by atoms with Gasteiger partial charge in [0.25, 0.3) is 0 Å². The second-order valence-electron chi connectivity index (χ2n) is 6.83. The summed E-state index contributed by atoms with van der Waals surface area (Å²) >= 11 is 0. The van der Waals surface area contributed by atoms with E-state index >= 15 is 0 Å². The second-order valence-corrected chi connectivity index (χ2v) is 9.09. The van der Waals surface area contributed by atoms with Gasteiger partial charge in [-0.25, -0.2) is 8.42 Å². The topological polar surface area (TPSA) is 73.8 Å². The summed E-state index contributed by atoms with van der Waals surface area (Å²) in [7, 11) is -2.95. The Bertz CT molecular complexity index is 664. The lowest BCUT2D eigenvalue weighted by Crippen LogP contribution is -2.43. The molecule has 0 amide bonds. The molecule has 0 aromatic heterocycles. The van der Waals surface area contributed by atoms with Gasteiger partial charge >= 0.3 is 0 Å². The van der Waals surface area contributed by atoms with Gasteiger partial charge < -0.3 is 10.6 Å². The normalized spacial score (nSPS) is 14.3. The van der Waals surface area contributed by atoms with Crippen molar-refractivity contribution in [2.24, 2.45) is 4.99 Å². The van der Waals surface area contributed by atoms with E-state index in [-0.39, 0.29) is 41.8 Å². The van der Waals surface area contributed by atoms with E-state index in [4.69, 9.17) is 4.99 Å². The monoisotopic (exact) mass is 524 g/mol. The average Bonchev–Trinajstić information content (AvgIpc) is 2.63. The Labute approximate surface area is 188 Å². The fourth-order valence-electron chi connectivity index (χ4n) is 2.97. The predicted octanol–water partition coefficient (Wildman–Crippen LogP) is 3.07. The Kier molecular flexibility index (Phi) is 13.7. The van der Waals surface area contributed by atoms with E-state index in [0.717, 1.165) is 25.6 Å². The number of nitrogens with zero attached hydrogens (tertiary/aromatic N) is 2. The number of likely N-dealkylation sites (N-methyl/N-ethyl adjacent to an activating group) is 1. The van der Waals surface area contributed by atoms with Crippen LogP contribution in [0.3, 0.4) is 0 Å². The lowest BCUT2D eigenvalue weighted by Gasteiger charge is -2.29. The van der Waals surface area contributed by atoms with E-state index in [0.29, 0.717) is 13.0 Å². The van der Waals surface area contributed by atoms with Crippen molar-refractivity contribution in [1.29, 1.82) is 0 Å². The third kappa shape index (κ3) is 10.6. The van der Waals surface area contributed by atoms with Crippen molar-refractivity contribution in [3.8, 4) is 0 Å². The quantitative estimate of drug-likeness (QED) is 0.265. The highest BCUT2D eigenvalue weighted by Crippen LogP contribution is 2.20. The molecule has 0 saturated carbocycles. The molecule has 6 nitrogen and oxygen atoms in total. The van der Waals surface area contributed by atoms with Crippen LogP contribution in [0.25, 0.3) is 0 Å². The third-order valence-electron chi connectivity index (χ3n) is 4.51. The molecule has 0 bridgehead atoms. The molecule has 0 spiro atoms. The lowest BCUT2D eigenvalue weighted by molar-refractivity contribution is 0.224. The lowest BCUT2D eigenvalue weighted by atomic mass is 10.1. The summed E-state index contributed by atoms with van der Waals surface area (Å²) in [5.74, 6) is 0.902. The molecule has 0 fully saturated rings. The van der Waals surface area contributed by atoms with Gasteiger partial charge in [-0.05, 0) is 38.9 Å². The van der Waals surface area contributed by atoms with Crippen LogP contribution in [0.2, 0.25) is 0 Å². The number of halogens is 1. The van der Waals surface area contributed by atoms with Crippen LogP contribution in [-0.2, 0) is 9.84 Å². The molecular weight excluding hydrogens is 487 g/mol. The zero-order chi connectivity index (χ0) is 20.3. The molecule has 0 aliphatic carbocycles. The van der Waals surface area contributed by atoms with Gasteiger partial charge in [0, 0.05) is 18.8 Å². The number of sulfone groups is 1. The maximum absolute atomic E-state index is 11.4. The first-order chi connectivity index (χ1) is 12.8. The fourth-order valence-corrected chi connectivity index (χ4v) is 3.75. The number of benzene rings is 1. The zero-order valence-corrected chi connectivity index (χ0v) is 21.0. The van der Waals surface area contributed by atoms with Crippen LogP contribution >= 0.6 is 24.0 Å². The molecule has 2 atom stereocenters. The van der Waals surface area contributed by atoms with Crippen molar-refractivity contribution in [3.63, 3.8) is 0 Å². The van der Waals surface area contributed by atoms with E-state index in [2.05, 4.69) is 53.6 Å². The molecule has 8 heteroatoms. The van der Waals surface area contributed by atoms with Crippen LogP contribution in [0.5, 0.6) is 0 Å². The number of hydrogen-bond donors (Lipinski definition) is 2. The summed E-state index contributed by atoms with van der Waals surface area (Å²) in [4.78, 5) is 7.19. The second kappa shape index (κ2) is 14.2. The van der Waals surface area contributed by atoms with Crippen LogP contribution in [0.1, 0.15) is 45.7 Å². The van der Waals surface area contributed by atoms with Gasteiger partial charge in [-0.15, -0.1) is 24.0 Å². The maximum Gasteiger partial charge on any atom is 0.191 e. The first-order valence-corrected chi connectivity index (χ1v) is 11.9. The molecule has 2 N–H and O–H groups in total. The van der Waals surface area contributed by atoms with Gasteiger partial charge in [0.05, 0.1) is 18.3 Å². The van der Waals surface area contributed by atoms with Crippen LogP contribution in [0.15, 0.2) is 35.3 Å². The number of hydrogen-bond acceptors (Lipinski definition) is 4. The molecule has 162 valence electrons. The molecule has 0 heterocycles. The van der Waals surface area contributed by atoms with E-state index < -0.39 is 9.84 Å². The number of rotatable bonds is 11. The fraction of sp³-hybridized carbons (Fsp3) is 0.650. The van der Waals surface area contributed by atoms with Crippen molar-refractivity contribution < 1.29 is 8.42 Å². The highest BCUT2D eigenvalue weighted by atomic mass is 127. The average molecular weight is 525 g/mol. The molecule has 0 aliphatic rings. The van der Waals surface area contributed by atoms with Crippen LogP contribution in [0.4, 0.5) is 0 Å². The summed E-state index contributed by atoms with van der Waals surface area (Å²) in [6.45, 7) is 11.7. The van der Waals surface area contributed by atoms with Crippen molar-refractivity contribution in [2.75, 3.05) is 38.2 Å². The molecule has 28 heavy (non-hydrogen) atoms. The zero-order valence-electron chi connectivity index (χ0n) is 17.8. The molecule has 0 radical (unpaired) electrons. The van der Waals surface area contributed by atoms with Crippen molar-refractivity contribution in [3.05, 3.63) is 35.9 Å². The molecular formula is C20H37IN4O2S. The van der Waals surface area contributed by atoms with Crippen molar-refractivity contribution in [2.45, 2.75) is 46.2 Å². The predicted molar refractivity (Wildman–Crippen MR) is 130 cm³/mol. The van der Waals surface area contributed by atoms with E-state index in [1.165, 1.54) is 11.8 Å². The number of nitrogens with one attached hydrogen (secondary N) is 2. The first kappa shape index (κ1) is 27.1. The van der Waals surface area contributed by atoms with Crippen LogP contribution in [-0.4, -0.2) is 63.5 Å². The Morgan fingerprint density at radius 1 is 1.14 bits per heavy atom. The van der Waals surface area contributed by atoms with Gasteiger partial charge in [0.15, 0.2) is 5.96 Å². The third-order valence-corrected chi connectivity index (χ3v) is 5.49. The minimum Gasteiger partial charge on any atom is -0.357 e. The summed E-state index contributed by atoms with van der Waals surface area (Å²) in [6, 6.07) is 10.7. The smallest absolute Gasteiger partial charge is 0.191 e. The largest absolute Gasteiger partial charge is 0.357 e. The van der Waals surface area contributed by atoms with Gasteiger partial charge in [0.1, 0.15) is 9.84 Å². The number of aliphatic imine (C=N–C) groups is 1. The molecule has 0 saturated heterocycles. The maximum atomic E-state index is 11.4. The highest BCUT2D eigenvalue weighted by Gasteiger charge is 2.18. The minimum atomic E-state index is -2.95. The number of guanidine groups is 1. The summed E-state index contributed by atoms with van der Waals surface area (Å²) < 4.78 is 22.8. The highest BCUT2D eigenvalue weighted by molar-refractivity contribution is 14.0. The minimum absolute atomic E-state index is 0. The first-order valence-electron chi connectivity index (χ1n) is 9.82. The molecule has 1 aromatic carbocycles. The Balaban J connectivity index is 0.00000729. The van der Waals surface area contributed by atoms with Crippen LogP contribution in [0, 0.1) is 0 Å². The standard InChI is InChI=1S/C20H36N4O2S.HI/c1-6-21-20(23-17(4)14-15-27(5,25)26)22-16-19(24(7-2)8-3)18-12-10-9-11-13-18;/h9-13,17,19H,6-8,14-16H2,1-5H3,(H2,21,22,23);1H. The molecule has 0 aliphatic heterocycles. The van der Waals surface area contributed by atoms with Gasteiger partial charge in [-0.3, -0.25) is 9.89 Å². The Hall–Kier alpha value is -0.870. The molecule has 2 unspecified atom stereocenters. The summed E-state index contributed by atoms with van der Waals surface area (Å²) in [6.07, 6.45) is 1.83. The summed E-state index contributed by atoms with van der Waals surface area (Å²) in [5, 5.41) is 6.59. The van der Waals surface area contributed by atoms with Gasteiger partial charge in [-0.1, -0.05) is 44.2 Å². The van der Waals surface area contributed by atoms with Gasteiger partial charge in [-0.2, -0.15) is 0 Å². The van der Waals surface area contributed by atoms with E-state index in [1.807, 2.05) is 19.9 Å². The SMILES string of the molecule is CCNC(=NCC(c1ccccc1)N(CC)CC)NC(C)CCS(C)(=O)=O.I. The van der Waals surface area contributed by atoms with Crippen molar-refractivity contribution >= 4 is 39.8 Å². The van der Waals surface area contributed by atoms with Crippen molar-refractivity contribution in [1.82, 2.24) is 15.5 Å². The molecule has 1 rings (SSSR count). The van der Waals surface area contributed by atoms with E-state index in [9.17, 15) is 8.42 Å². The van der Waals surface area contributed by atoms with Gasteiger partial charge in [0.2, 0.25) is 0 Å². The van der Waals surface area contributed by atoms with Crippen LogP contribution < -0.4 is 10.6 Å². The Morgan fingerprint density at radius 2 is 1.75 bits per heavy atom. The van der Waals surface area contributed by atoms with E-state index in [1.54, 1.807) is 0 Å². The summed E-state index contributed by atoms with van der Waals surface area (Å²) in [5.41, 5.74) is 1.26. The molecule has 1 aromatic rings. The Morgan fingerprint density at radius 3 is 2.25 bits per heavy atom.